The van der Waals surface area contributed by atoms with Crippen LogP contribution in [0.25, 0.3) is 0 Å². The zero-order chi connectivity index (χ0) is 15.6. The second-order valence-electron chi connectivity index (χ2n) is 4.79. The third-order valence-electron chi connectivity index (χ3n) is 3.46. The van der Waals surface area contributed by atoms with Crippen molar-refractivity contribution in [3.05, 3.63) is 52.9 Å². The molecule has 0 bridgehead atoms. The number of Topliss-reactive ketones (excluding diaryl/α,β-unsaturated/α-hetero) is 1. The summed E-state index contributed by atoms with van der Waals surface area (Å²) in [5.74, 6) is -2.45. The number of aryl methyl sites for hydroxylation is 1. The standard InChI is InChI=1S/C16H17F2NO2/c1-4-19-10(2)8-12(11(19)3)15(20)9-21-16-13(17)6-5-7-14(16)18/h5-8H,4,9H2,1-3H3. The molecule has 2 aromatic rings. The average molecular weight is 293 g/mol. The number of para-hydroxylation sites is 1. The molecule has 0 amide bonds. The van der Waals surface area contributed by atoms with Crippen LogP contribution in [0.4, 0.5) is 8.78 Å². The number of halogens is 2. The number of benzene rings is 1. The van der Waals surface area contributed by atoms with Crippen molar-refractivity contribution in [1.82, 2.24) is 4.57 Å². The highest BCUT2D eigenvalue weighted by Gasteiger charge is 2.17. The van der Waals surface area contributed by atoms with Crippen molar-refractivity contribution in [2.75, 3.05) is 6.61 Å². The van der Waals surface area contributed by atoms with Gasteiger partial charge in [0.05, 0.1) is 0 Å². The monoisotopic (exact) mass is 293 g/mol. The number of ketones is 1. The van der Waals surface area contributed by atoms with Gasteiger partial charge in [0.15, 0.2) is 24.0 Å². The van der Waals surface area contributed by atoms with Crippen molar-refractivity contribution in [3.8, 4) is 5.75 Å². The van der Waals surface area contributed by atoms with Crippen molar-refractivity contribution in [2.24, 2.45) is 0 Å². The minimum atomic E-state index is -0.818. The van der Waals surface area contributed by atoms with Gasteiger partial charge in [0.1, 0.15) is 0 Å². The van der Waals surface area contributed by atoms with Gasteiger partial charge in [0.25, 0.3) is 0 Å². The summed E-state index contributed by atoms with van der Waals surface area (Å²) < 4.78 is 33.9. The zero-order valence-electron chi connectivity index (χ0n) is 12.2. The van der Waals surface area contributed by atoms with E-state index in [1.165, 1.54) is 6.07 Å². The number of rotatable bonds is 5. The van der Waals surface area contributed by atoms with E-state index in [1.54, 1.807) is 6.07 Å². The van der Waals surface area contributed by atoms with Crippen LogP contribution in [-0.2, 0) is 6.54 Å². The van der Waals surface area contributed by atoms with E-state index in [4.69, 9.17) is 4.74 Å². The molecule has 0 spiro atoms. The Labute approximate surface area is 122 Å². The fourth-order valence-electron chi connectivity index (χ4n) is 2.41. The molecular formula is C16H17F2NO2. The number of carbonyl (C=O) groups is 1. The van der Waals surface area contributed by atoms with E-state index in [9.17, 15) is 13.6 Å². The predicted octanol–water partition coefficient (Wildman–Crippen LogP) is 3.66. The Morgan fingerprint density at radius 3 is 2.38 bits per heavy atom. The van der Waals surface area contributed by atoms with E-state index in [0.717, 1.165) is 30.1 Å². The van der Waals surface area contributed by atoms with E-state index >= 15 is 0 Å². The van der Waals surface area contributed by atoms with Crippen LogP contribution in [0.1, 0.15) is 28.7 Å². The van der Waals surface area contributed by atoms with Gasteiger partial charge in [0, 0.05) is 23.5 Å². The van der Waals surface area contributed by atoms with E-state index in [-0.39, 0.29) is 5.78 Å². The number of hydrogen-bond acceptors (Lipinski definition) is 2. The number of ether oxygens (including phenoxy) is 1. The highest BCUT2D eigenvalue weighted by molar-refractivity contribution is 5.98. The first kappa shape index (κ1) is 15.2. The van der Waals surface area contributed by atoms with Crippen LogP contribution in [0.3, 0.4) is 0 Å². The van der Waals surface area contributed by atoms with Crippen molar-refractivity contribution in [3.63, 3.8) is 0 Å². The summed E-state index contributed by atoms with van der Waals surface area (Å²) in [6.45, 7) is 6.09. The third kappa shape index (κ3) is 2.96. The minimum Gasteiger partial charge on any atom is -0.479 e. The molecular weight excluding hydrogens is 276 g/mol. The Morgan fingerprint density at radius 1 is 1.24 bits per heavy atom. The first-order valence-corrected chi connectivity index (χ1v) is 6.72. The largest absolute Gasteiger partial charge is 0.479 e. The zero-order valence-corrected chi connectivity index (χ0v) is 12.2. The maximum atomic E-state index is 13.4. The van der Waals surface area contributed by atoms with Gasteiger partial charge >= 0.3 is 0 Å². The van der Waals surface area contributed by atoms with E-state index in [0.29, 0.717) is 5.56 Å². The Bertz CT molecular complexity index is 657. The highest BCUT2D eigenvalue weighted by Crippen LogP contribution is 2.22. The molecule has 0 saturated heterocycles. The molecule has 1 aromatic heterocycles. The maximum absolute atomic E-state index is 13.4. The molecule has 1 heterocycles. The average Bonchev–Trinajstić information content (AvgIpc) is 2.72. The summed E-state index contributed by atoms with van der Waals surface area (Å²) in [5.41, 5.74) is 2.32. The molecule has 2 rings (SSSR count). The molecule has 0 radical (unpaired) electrons. The predicted molar refractivity (Wildman–Crippen MR) is 75.8 cm³/mol. The minimum absolute atomic E-state index is 0.301. The van der Waals surface area contributed by atoms with E-state index < -0.39 is 24.0 Å². The van der Waals surface area contributed by atoms with Gasteiger partial charge in [-0.05, 0) is 39.0 Å². The number of aromatic nitrogens is 1. The summed E-state index contributed by atoms with van der Waals surface area (Å²) in [4.78, 5) is 12.2. The van der Waals surface area contributed by atoms with Crippen LogP contribution >= 0.6 is 0 Å². The van der Waals surface area contributed by atoms with E-state index in [1.807, 2.05) is 25.3 Å². The number of nitrogens with zero attached hydrogens (tertiary/aromatic N) is 1. The lowest BCUT2D eigenvalue weighted by Gasteiger charge is -2.08. The van der Waals surface area contributed by atoms with Crippen LogP contribution in [-0.4, -0.2) is 17.0 Å². The first-order valence-electron chi connectivity index (χ1n) is 6.72. The molecule has 0 atom stereocenters. The van der Waals surface area contributed by atoms with Crippen LogP contribution < -0.4 is 4.74 Å². The second kappa shape index (κ2) is 6.08. The van der Waals surface area contributed by atoms with Crippen LogP contribution in [0.2, 0.25) is 0 Å². The van der Waals surface area contributed by atoms with Crippen LogP contribution in [0, 0.1) is 25.5 Å². The van der Waals surface area contributed by atoms with Crippen molar-refractivity contribution >= 4 is 5.78 Å². The Balaban J connectivity index is 2.16. The van der Waals surface area contributed by atoms with E-state index in [2.05, 4.69) is 0 Å². The highest BCUT2D eigenvalue weighted by atomic mass is 19.1. The molecule has 0 aliphatic rings. The second-order valence-corrected chi connectivity index (χ2v) is 4.79. The lowest BCUT2D eigenvalue weighted by Crippen LogP contribution is -2.14. The lowest BCUT2D eigenvalue weighted by atomic mass is 10.1. The third-order valence-corrected chi connectivity index (χ3v) is 3.46. The van der Waals surface area contributed by atoms with Gasteiger partial charge in [-0.2, -0.15) is 0 Å². The normalized spacial score (nSPS) is 10.7. The smallest absolute Gasteiger partial charge is 0.202 e. The summed E-state index contributed by atoms with van der Waals surface area (Å²) in [6, 6.07) is 5.19. The topological polar surface area (TPSA) is 31.2 Å². The van der Waals surface area contributed by atoms with Gasteiger partial charge in [0.2, 0.25) is 5.78 Å². The number of hydrogen-bond donors (Lipinski definition) is 0. The van der Waals surface area contributed by atoms with Gasteiger partial charge in [-0.25, -0.2) is 8.78 Å². The molecule has 0 aliphatic heterocycles. The number of carbonyl (C=O) groups excluding carboxylic acids is 1. The summed E-state index contributed by atoms with van der Waals surface area (Å²) in [6.07, 6.45) is 0. The van der Waals surface area contributed by atoms with Gasteiger partial charge in [-0.15, -0.1) is 0 Å². The summed E-state index contributed by atoms with van der Waals surface area (Å²) >= 11 is 0. The molecule has 1 aromatic carbocycles. The van der Waals surface area contributed by atoms with Crippen molar-refractivity contribution in [2.45, 2.75) is 27.3 Å². The molecule has 5 heteroatoms. The Morgan fingerprint density at radius 2 is 1.86 bits per heavy atom. The van der Waals surface area contributed by atoms with Crippen LogP contribution in [0.15, 0.2) is 24.3 Å². The first-order chi connectivity index (χ1) is 9.95. The molecule has 112 valence electrons. The van der Waals surface area contributed by atoms with Crippen molar-refractivity contribution < 1.29 is 18.3 Å². The molecule has 0 unspecified atom stereocenters. The molecule has 0 aliphatic carbocycles. The molecule has 0 saturated carbocycles. The Hall–Kier alpha value is -2.17. The van der Waals surface area contributed by atoms with Gasteiger partial charge in [-0.1, -0.05) is 6.07 Å². The summed E-state index contributed by atoms with van der Waals surface area (Å²) in [7, 11) is 0. The fraction of sp³-hybridized carbons (Fsp3) is 0.312. The molecule has 21 heavy (non-hydrogen) atoms. The van der Waals surface area contributed by atoms with Gasteiger partial charge in [-0.3, -0.25) is 4.79 Å². The fourth-order valence-corrected chi connectivity index (χ4v) is 2.41. The molecule has 0 fully saturated rings. The van der Waals surface area contributed by atoms with Crippen LogP contribution in [0.5, 0.6) is 5.75 Å². The SMILES string of the molecule is CCn1c(C)cc(C(=O)COc2c(F)cccc2F)c1C. The maximum Gasteiger partial charge on any atom is 0.202 e. The summed E-state index contributed by atoms with van der Waals surface area (Å²) in [5, 5.41) is 0. The lowest BCUT2D eigenvalue weighted by molar-refractivity contribution is 0.0915. The molecule has 0 N–H and O–H groups in total. The van der Waals surface area contributed by atoms with Crippen molar-refractivity contribution in [1.29, 1.82) is 0 Å². The quantitative estimate of drug-likeness (QED) is 0.788. The molecule has 3 nitrogen and oxygen atoms in total. The Kier molecular flexibility index (Phi) is 4.40. The van der Waals surface area contributed by atoms with Gasteiger partial charge < -0.3 is 9.30 Å².